The van der Waals surface area contributed by atoms with Gasteiger partial charge in [-0.3, -0.25) is 4.79 Å². The highest BCUT2D eigenvalue weighted by molar-refractivity contribution is 5.92. The van der Waals surface area contributed by atoms with Gasteiger partial charge >= 0.3 is 0 Å². The van der Waals surface area contributed by atoms with Crippen LogP contribution in [0, 0.1) is 0 Å². The molecule has 5 heteroatoms. The predicted molar refractivity (Wildman–Crippen MR) is 75.0 cm³/mol. The average molecular weight is 266 g/mol. The van der Waals surface area contributed by atoms with E-state index in [1.165, 1.54) is 0 Å². The molecular weight excluding hydrogens is 252 g/mol. The summed E-state index contributed by atoms with van der Waals surface area (Å²) < 4.78 is 3.77. The minimum atomic E-state index is -0.0906. The third-order valence-corrected chi connectivity index (χ3v) is 3.51. The van der Waals surface area contributed by atoms with Crippen molar-refractivity contribution in [2.75, 3.05) is 0 Å². The van der Waals surface area contributed by atoms with E-state index < -0.39 is 0 Å². The Morgan fingerprint density at radius 2 is 2.05 bits per heavy atom. The SMILES string of the molecule is O=C(NC1CC1)c1ccn(-c2ccc3ccccn23)n1. The van der Waals surface area contributed by atoms with E-state index in [4.69, 9.17) is 0 Å². The Bertz CT molecular complexity index is 782. The Morgan fingerprint density at radius 1 is 1.15 bits per heavy atom. The van der Waals surface area contributed by atoms with Crippen LogP contribution in [0.3, 0.4) is 0 Å². The summed E-state index contributed by atoms with van der Waals surface area (Å²) in [6.07, 6.45) is 5.96. The molecule has 0 aromatic carbocycles. The van der Waals surface area contributed by atoms with Crippen molar-refractivity contribution in [1.29, 1.82) is 0 Å². The summed E-state index contributed by atoms with van der Waals surface area (Å²) in [5.74, 6) is 0.832. The van der Waals surface area contributed by atoms with E-state index in [1.54, 1.807) is 10.7 Å². The Morgan fingerprint density at radius 3 is 2.90 bits per heavy atom. The first-order chi connectivity index (χ1) is 9.81. The number of hydrogen-bond donors (Lipinski definition) is 1. The van der Waals surface area contributed by atoms with Crippen LogP contribution in [0.25, 0.3) is 11.3 Å². The van der Waals surface area contributed by atoms with Gasteiger partial charge in [-0.25, -0.2) is 4.68 Å². The highest BCUT2D eigenvalue weighted by Crippen LogP contribution is 2.19. The Balaban J connectivity index is 1.68. The summed E-state index contributed by atoms with van der Waals surface area (Å²) in [5.41, 5.74) is 1.56. The fourth-order valence-corrected chi connectivity index (χ4v) is 2.29. The first kappa shape index (κ1) is 11.3. The van der Waals surface area contributed by atoms with Crippen LogP contribution in [0.2, 0.25) is 0 Å². The normalized spacial score (nSPS) is 14.6. The van der Waals surface area contributed by atoms with Crippen molar-refractivity contribution in [2.45, 2.75) is 18.9 Å². The number of fused-ring (bicyclic) bond motifs is 1. The number of amides is 1. The van der Waals surface area contributed by atoms with E-state index in [2.05, 4.69) is 10.4 Å². The quantitative estimate of drug-likeness (QED) is 0.788. The second kappa shape index (κ2) is 4.23. The lowest BCUT2D eigenvalue weighted by Gasteiger charge is -2.02. The van der Waals surface area contributed by atoms with Gasteiger partial charge in [0.2, 0.25) is 0 Å². The van der Waals surface area contributed by atoms with E-state index in [0.29, 0.717) is 11.7 Å². The number of hydrogen-bond acceptors (Lipinski definition) is 2. The third-order valence-electron chi connectivity index (χ3n) is 3.51. The van der Waals surface area contributed by atoms with Crippen molar-refractivity contribution in [2.24, 2.45) is 0 Å². The van der Waals surface area contributed by atoms with Gasteiger partial charge in [0.1, 0.15) is 5.82 Å². The van der Waals surface area contributed by atoms with Gasteiger partial charge in [0.05, 0.1) is 0 Å². The highest BCUT2D eigenvalue weighted by atomic mass is 16.2. The monoisotopic (exact) mass is 266 g/mol. The van der Waals surface area contributed by atoms with Crippen LogP contribution >= 0.6 is 0 Å². The van der Waals surface area contributed by atoms with Crippen molar-refractivity contribution in [3.05, 3.63) is 54.5 Å². The molecule has 0 unspecified atom stereocenters. The van der Waals surface area contributed by atoms with Crippen molar-refractivity contribution < 1.29 is 4.79 Å². The number of nitrogens with zero attached hydrogens (tertiary/aromatic N) is 3. The number of aromatic nitrogens is 3. The van der Waals surface area contributed by atoms with Crippen molar-refractivity contribution in [3.63, 3.8) is 0 Å². The molecule has 0 aliphatic heterocycles. The van der Waals surface area contributed by atoms with Crippen LogP contribution in [-0.4, -0.2) is 26.1 Å². The van der Waals surface area contributed by atoms with E-state index in [-0.39, 0.29) is 5.91 Å². The number of pyridine rings is 1. The van der Waals surface area contributed by atoms with Gasteiger partial charge in [0, 0.05) is 24.0 Å². The van der Waals surface area contributed by atoms with Crippen LogP contribution in [0.1, 0.15) is 23.3 Å². The van der Waals surface area contributed by atoms with Gasteiger partial charge in [0.15, 0.2) is 5.69 Å². The second-order valence-corrected chi connectivity index (χ2v) is 5.08. The fraction of sp³-hybridized carbons (Fsp3) is 0.200. The number of carbonyl (C=O) groups is 1. The van der Waals surface area contributed by atoms with E-state index in [9.17, 15) is 4.79 Å². The summed E-state index contributed by atoms with van der Waals surface area (Å²) in [6, 6.07) is 12.1. The molecule has 0 spiro atoms. The van der Waals surface area contributed by atoms with Gasteiger partial charge in [0.25, 0.3) is 5.91 Å². The second-order valence-electron chi connectivity index (χ2n) is 5.08. The summed E-state index contributed by atoms with van der Waals surface area (Å²) in [5, 5.41) is 7.31. The number of rotatable bonds is 3. The maximum absolute atomic E-state index is 11.9. The molecule has 1 fully saturated rings. The molecule has 1 aliphatic rings. The van der Waals surface area contributed by atoms with Gasteiger partial charge in [-0.1, -0.05) is 6.07 Å². The Hall–Kier alpha value is -2.56. The molecule has 5 nitrogen and oxygen atoms in total. The molecule has 1 N–H and O–H groups in total. The van der Waals surface area contributed by atoms with Gasteiger partial charge < -0.3 is 9.72 Å². The Labute approximate surface area is 115 Å². The van der Waals surface area contributed by atoms with Crippen molar-refractivity contribution >= 4 is 11.4 Å². The molecule has 1 aliphatic carbocycles. The van der Waals surface area contributed by atoms with Crippen LogP contribution in [0.5, 0.6) is 0 Å². The first-order valence-corrected chi connectivity index (χ1v) is 6.74. The lowest BCUT2D eigenvalue weighted by molar-refractivity contribution is 0.0945. The van der Waals surface area contributed by atoms with Crippen molar-refractivity contribution in [1.82, 2.24) is 19.5 Å². The van der Waals surface area contributed by atoms with E-state index in [0.717, 1.165) is 24.2 Å². The molecule has 0 bridgehead atoms. The molecule has 0 atom stereocenters. The molecule has 100 valence electrons. The van der Waals surface area contributed by atoms with Gasteiger partial charge in [-0.2, -0.15) is 5.10 Å². The third kappa shape index (κ3) is 1.87. The number of carbonyl (C=O) groups excluding carboxylic acids is 1. The maximum Gasteiger partial charge on any atom is 0.272 e. The highest BCUT2D eigenvalue weighted by Gasteiger charge is 2.24. The smallest absolute Gasteiger partial charge is 0.272 e. The van der Waals surface area contributed by atoms with Crippen LogP contribution in [0.15, 0.2) is 48.8 Å². The summed E-state index contributed by atoms with van der Waals surface area (Å²) >= 11 is 0. The maximum atomic E-state index is 11.9. The topological polar surface area (TPSA) is 51.3 Å². The van der Waals surface area contributed by atoms with E-state index >= 15 is 0 Å². The summed E-state index contributed by atoms with van der Waals surface area (Å²) in [4.78, 5) is 11.9. The first-order valence-electron chi connectivity index (χ1n) is 6.74. The molecule has 0 saturated heterocycles. The van der Waals surface area contributed by atoms with Crippen LogP contribution < -0.4 is 5.32 Å². The van der Waals surface area contributed by atoms with Gasteiger partial charge in [-0.05, 0) is 43.2 Å². The molecule has 0 radical (unpaired) electrons. The lowest BCUT2D eigenvalue weighted by atomic mass is 10.4. The molecule has 1 amide bonds. The van der Waals surface area contributed by atoms with Gasteiger partial charge in [-0.15, -0.1) is 0 Å². The van der Waals surface area contributed by atoms with Crippen LogP contribution in [-0.2, 0) is 0 Å². The number of nitrogens with one attached hydrogen (secondary N) is 1. The lowest BCUT2D eigenvalue weighted by Crippen LogP contribution is -2.25. The fourth-order valence-electron chi connectivity index (χ4n) is 2.29. The molecular formula is C15H14N4O. The predicted octanol–water partition coefficient (Wildman–Crippen LogP) is 2.02. The molecule has 3 aromatic rings. The molecule has 3 heterocycles. The molecule has 1 saturated carbocycles. The van der Waals surface area contributed by atoms with E-state index in [1.807, 2.05) is 47.1 Å². The molecule has 20 heavy (non-hydrogen) atoms. The van der Waals surface area contributed by atoms with Crippen LogP contribution in [0.4, 0.5) is 0 Å². The zero-order valence-corrected chi connectivity index (χ0v) is 10.9. The minimum absolute atomic E-state index is 0.0906. The summed E-state index contributed by atoms with van der Waals surface area (Å²) in [7, 11) is 0. The Kier molecular flexibility index (Phi) is 2.39. The van der Waals surface area contributed by atoms with Crippen molar-refractivity contribution in [3.8, 4) is 5.82 Å². The standard InChI is InChI=1S/C15H14N4O/c20-15(16-11-4-5-11)13-8-10-19(17-13)14-7-6-12-3-1-2-9-18(12)14/h1-3,6-11H,4-5H2,(H,16,20). The zero-order valence-electron chi connectivity index (χ0n) is 10.9. The molecule has 3 aromatic heterocycles. The average Bonchev–Trinajstić information content (AvgIpc) is 3.01. The molecule has 4 rings (SSSR count). The largest absolute Gasteiger partial charge is 0.348 e. The minimum Gasteiger partial charge on any atom is -0.348 e. The zero-order chi connectivity index (χ0) is 13.5. The summed E-state index contributed by atoms with van der Waals surface area (Å²) in [6.45, 7) is 0.